The zero-order valence-electron chi connectivity index (χ0n) is 12.6. The van der Waals surface area contributed by atoms with Crippen LogP contribution in [0.2, 0.25) is 5.28 Å². The van der Waals surface area contributed by atoms with Gasteiger partial charge in [0.15, 0.2) is 5.82 Å². The molecule has 3 unspecified atom stereocenters. The molecule has 0 amide bonds. The summed E-state index contributed by atoms with van der Waals surface area (Å²) in [4.78, 5) is 8.39. The number of fused-ring (bicyclic) bond motifs is 2. The van der Waals surface area contributed by atoms with E-state index < -0.39 is 0 Å². The fourth-order valence-corrected chi connectivity index (χ4v) is 4.67. The zero-order valence-corrected chi connectivity index (χ0v) is 13.4. The van der Waals surface area contributed by atoms with Gasteiger partial charge in [0.25, 0.3) is 0 Å². The maximum atomic E-state index is 6.11. The van der Waals surface area contributed by atoms with Crippen molar-refractivity contribution in [1.29, 1.82) is 0 Å². The molecule has 0 radical (unpaired) electrons. The highest BCUT2D eigenvalue weighted by Crippen LogP contribution is 2.63. The molecular formula is C15H23ClN4. The summed E-state index contributed by atoms with van der Waals surface area (Å²) in [5.41, 5.74) is 8.04. The van der Waals surface area contributed by atoms with E-state index >= 15 is 0 Å². The first-order valence-electron chi connectivity index (χ1n) is 7.30. The highest BCUT2D eigenvalue weighted by molar-refractivity contribution is 6.28. The molecule has 0 aromatic carbocycles. The average molecular weight is 295 g/mol. The van der Waals surface area contributed by atoms with Gasteiger partial charge in [0, 0.05) is 6.04 Å². The van der Waals surface area contributed by atoms with Gasteiger partial charge in [0.2, 0.25) is 5.28 Å². The number of aromatic nitrogens is 2. The van der Waals surface area contributed by atoms with E-state index in [0.717, 1.165) is 11.6 Å². The number of rotatable bonds is 2. The Balaban J connectivity index is 1.96. The molecule has 2 aliphatic carbocycles. The van der Waals surface area contributed by atoms with Crippen LogP contribution in [0, 0.1) is 23.7 Å². The third kappa shape index (κ3) is 1.88. The molecule has 2 aliphatic rings. The van der Waals surface area contributed by atoms with Gasteiger partial charge in [0.1, 0.15) is 0 Å². The summed E-state index contributed by atoms with van der Waals surface area (Å²) in [6.07, 6.45) is 3.90. The van der Waals surface area contributed by atoms with Crippen LogP contribution < -0.4 is 11.1 Å². The second-order valence-corrected chi connectivity index (χ2v) is 7.67. The van der Waals surface area contributed by atoms with Crippen molar-refractivity contribution < 1.29 is 0 Å². The van der Waals surface area contributed by atoms with Gasteiger partial charge in [-0.1, -0.05) is 20.8 Å². The Labute approximate surface area is 125 Å². The van der Waals surface area contributed by atoms with Gasteiger partial charge in [-0.3, -0.25) is 0 Å². The SMILES string of the molecule is Cc1nc(Cl)nc(NC2C3(C)CCC(C3)C2(C)C)c1N. The van der Waals surface area contributed by atoms with E-state index in [-0.39, 0.29) is 10.7 Å². The molecule has 1 heterocycles. The van der Waals surface area contributed by atoms with Gasteiger partial charge in [-0.15, -0.1) is 0 Å². The molecule has 2 bridgehead atoms. The lowest BCUT2D eigenvalue weighted by atomic mass is 9.68. The normalized spacial score (nSPS) is 34.5. The number of hydrogen-bond acceptors (Lipinski definition) is 4. The van der Waals surface area contributed by atoms with Crippen LogP contribution in [0.4, 0.5) is 11.5 Å². The number of nitrogen functional groups attached to an aromatic ring is 1. The van der Waals surface area contributed by atoms with Crippen LogP contribution in [-0.2, 0) is 0 Å². The summed E-state index contributed by atoms with van der Waals surface area (Å²) in [7, 11) is 0. The highest BCUT2D eigenvalue weighted by Gasteiger charge is 2.59. The molecule has 1 aromatic heterocycles. The second-order valence-electron chi connectivity index (χ2n) is 7.33. The molecule has 1 aromatic rings. The molecule has 0 saturated heterocycles. The lowest BCUT2D eigenvalue weighted by molar-refractivity contribution is 0.155. The third-order valence-corrected chi connectivity index (χ3v) is 5.83. The summed E-state index contributed by atoms with van der Waals surface area (Å²) in [5.74, 6) is 1.47. The lowest BCUT2D eigenvalue weighted by Crippen LogP contribution is -2.46. The molecule has 5 heteroatoms. The largest absolute Gasteiger partial charge is 0.394 e. The van der Waals surface area contributed by atoms with Crippen LogP contribution in [0.1, 0.15) is 45.7 Å². The van der Waals surface area contributed by atoms with Gasteiger partial charge in [-0.25, -0.2) is 4.98 Å². The number of halogens is 1. The molecule has 2 saturated carbocycles. The minimum absolute atomic E-state index is 0.255. The molecule has 4 nitrogen and oxygen atoms in total. The van der Waals surface area contributed by atoms with Gasteiger partial charge in [-0.05, 0) is 54.5 Å². The Morgan fingerprint density at radius 1 is 1.30 bits per heavy atom. The standard InChI is InChI=1S/C15H23ClN4/c1-8-10(17)11(20-13(16)18-8)19-12-14(2,3)9-5-6-15(12,4)7-9/h9,12H,5-7,17H2,1-4H3,(H,18,19,20). The summed E-state index contributed by atoms with van der Waals surface area (Å²) in [6, 6.07) is 0.376. The number of hydrogen-bond donors (Lipinski definition) is 2. The molecule has 2 fully saturated rings. The Kier molecular flexibility index (Phi) is 2.95. The van der Waals surface area contributed by atoms with E-state index in [9.17, 15) is 0 Å². The molecule has 3 atom stereocenters. The van der Waals surface area contributed by atoms with Crippen molar-refractivity contribution in [1.82, 2.24) is 9.97 Å². The second kappa shape index (κ2) is 4.23. The van der Waals surface area contributed by atoms with Crippen molar-refractivity contribution in [2.45, 2.75) is 53.0 Å². The molecule has 0 aliphatic heterocycles. The monoisotopic (exact) mass is 294 g/mol. The van der Waals surface area contributed by atoms with Gasteiger partial charge >= 0.3 is 0 Å². The Morgan fingerprint density at radius 2 is 2.00 bits per heavy atom. The predicted octanol–water partition coefficient (Wildman–Crippen LogP) is 3.65. The van der Waals surface area contributed by atoms with Gasteiger partial charge in [-0.2, -0.15) is 4.98 Å². The van der Waals surface area contributed by atoms with Crippen LogP contribution in [-0.4, -0.2) is 16.0 Å². The van der Waals surface area contributed by atoms with E-state index in [1.807, 2.05) is 6.92 Å². The van der Waals surface area contributed by atoms with Crippen molar-refractivity contribution in [3.05, 3.63) is 11.0 Å². The summed E-state index contributed by atoms with van der Waals surface area (Å²) >= 11 is 5.97. The Hall–Kier alpha value is -1.03. The predicted molar refractivity (Wildman–Crippen MR) is 82.8 cm³/mol. The minimum Gasteiger partial charge on any atom is -0.394 e. The van der Waals surface area contributed by atoms with Crippen molar-refractivity contribution in [2.24, 2.45) is 16.7 Å². The summed E-state index contributed by atoms with van der Waals surface area (Å²) in [6.45, 7) is 8.95. The third-order valence-electron chi connectivity index (χ3n) is 5.66. The maximum absolute atomic E-state index is 6.11. The fraction of sp³-hybridized carbons (Fsp3) is 0.733. The average Bonchev–Trinajstić information content (AvgIpc) is 2.81. The first kappa shape index (κ1) is 13.9. The highest BCUT2D eigenvalue weighted by atomic mass is 35.5. The van der Waals surface area contributed by atoms with Crippen LogP contribution in [0.25, 0.3) is 0 Å². The van der Waals surface area contributed by atoms with Crippen LogP contribution in [0.5, 0.6) is 0 Å². The number of nitrogens with two attached hydrogens (primary N) is 1. The molecule has 110 valence electrons. The van der Waals surface area contributed by atoms with Crippen molar-refractivity contribution >= 4 is 23.1 Å². The van der Waals surface area contributed by atoms with E-state index in [0.29, 0.717) is 23.0 Å². The number of nitrogens with one attached hydrogen (secondary N) is 1. The quantitative estimate of drug-likeness (QED) is 0.817. The first-order valence-corrected chi connectivity index (χ1v) is 7.68. The van der Waals surface area contributed by atoms with E-state index in [2.05, 4.69) is 36.1 Å². The Bertz CT molecular complexity index is 552. The van der Waals surface area contributed by atoms with Crippen molar-refractivity contribution in [3.63, 3.8) is 0 Å². The van der Waals surface area contributed by atoms with Crippen LogP contribution in [0.3, 0.4) is 0 Å². The Morgan fingerprint density at radius 3 is 2.60 bits per heavy atom. The van der Waals surface area contributed by atoms with Crippen LogP contribution >= 0.6 is 11.6 Å². The smallest absolute Gasteiger partial charge is 0.224 e. The molecular weight excluding hydrogens is 272 g/mol. The summed E-state index contributed by atoms with van der Waals surface area (Å²) in [5, 5.41) is 3.85. The summed E-state index contributed by atoms with van der Waals surface area (Å²) < 4.78 is 0. The zero-order chi connectivity index (χ0) is 14.7. The number of nitrogens with zero attached hydrogens (tertiary/aromatic N) is 2. The molecule has 20 heavy (non-hydrogen) atoms. The van der Waals surface area contributed by atoms with Crippen molar-refractivity contribution in [3.8, 4) is 0 Å². The van der Waals surface area contributed by atoms with Gasteiger partial charge < -0.3 is 11.1 Å². The van der Waals surface area contributed by atoms with Crippen LogP contribution in [0.15, 0.2) is 0 Å². The number of anilines is 2. The van der Waals surface area contributed by atoms with E-state index in [1.165, 1.54) is 19.3 Å². The lowest BCUT2D eigenvalue weighted by Gasteiger charge is -2.43. The topological polar surface area (TPSA) is 63.8 Å². The number of aryl methyl sites for hydroxylation is 1. The fourth-order valence-electron chi connectivity index (χ4n) is 4.46. The molecule has 3 N–H and O–H groups in total. The van der Waals surface area contributed by atoms with Gasteiger partial charge in [0.05, 0.1) is 11.4 Å². The minimum atomic E-state index is 0.255. The van der Waals surface area contributed by atoms with E-state index in [1.54, 1.807) is 0 Å². The molecule has 0 spiro atoms. The molecule has 3 rings (SSSR count). The van der Waals surface area contributed by atoms with Crippen molar-refractivity contribution in [2.75, 3.05) is 11.1 Å². The first-order chi connectivity index (χ1) is 9.24. The maximum Gasteiger partial charge on any atom is 0.224 e. The van der Waals surface area contributed by atoms with E-state index in [4.69, 9.17) is 17.3 Å².